The van der Waals surface area contributed by atoms with Gasteiger partial charge < -0.3 is 20.1 Å². The highest BCUT2D eigenvalue weighted by Crippen LogP contribution is 2.07. The first-order chi connectivity index (χ1) is 7.38. The summed E-state index contributed by atoms with van der Waals surface area (Å²) < 4.78 is 10.6. The van der Waals surface area contributed by atoms with Gasteiger partial charge in [0.15, 0.2) is 0 Å². The lowest BCUT2D eigenvalue weighted by Gasteiger charge is -2.30. The summed E-state index contributed by atoms with van der Waals surface area (Å²) in [5.74, 6) is 0. The fourth-order valence-corrected chi connectivity index (χ4v) is 1.52. The Hall–Kier alpha value is -0.810. The molecule has 1 heterocycles. The van der Waals surface area contributed by atoms with Gasteiger partial charge in [-0.25, -0.2) is 4.79 Å². The normalized spacial score (nSPS) is 26.2. The van der Waals surface area contributed by atoms with E-state index in [1.165, 1.54) is 0 Å². The van der Waals surface area contributed by atoms with Gasteiger partial charge in [0.2, 0.25) is 0 Å². The van der Waals surface area contributed by atoms with E-state index in [2.05, 4.69) is 10.6 Å². The van der Waals surface area contributed by atoms with Crippen LogP contribution in [0.4, 0.5) is 4.79 Å². The van der Waals surface area contributed by atoms with Crippen LogP contribution >= 0.6 is 0 Å². The molecule has 0 aliphatic carbocycles. The maximum atomic E-state index is 11.4. The largest absolute Gasteiger partial charge is 0.444 e. The van der Waals surface area contributed by atoms with Gasteiger partial charge in [-0.1, -0.05) is 0 Å². The Morgan fingerprint density at radius 1 is 1.56 bits per heavy atom. The van der Waals surface area contributed by atoms with Gasteiger partial charge in [0.25, 0.3) is 0 Å². The highest BCUT2D eigenvalue weighted by atomic mass is 16.6. The summed E-state index contributed by atoms with van der Waals surface area (Å²) in [6, 6.07) is 0.154. The molecule has 0 aromatic carbocycles. The first kappa shape index (κ1) is 13.3. The second kappa shape index (κ2) is 5.50. The van der Waals surface area contributed by atoms with Crippen LogP contribution in [0.1, 0.15) is 27.7 Å². The minimum absolute atomic E-state index is 0.115. The fourth-order valence-electron chi connectivity index (χ4n) is 1.52. The van der Waals surface area contributed by atoms with Crippen molar-refractivity contribution >= 4 is 6.09 Å². The first-order valence-corrected chi connectivity index (χ1v) is 5.70. The molecule has 1 saturated heterocycles. The summed E-state index contributed by atoms with van der Waals surface area (Å²) in [6.45, 7) is 9.60. The van der Waals surface area contributed by atoms with E-state index in [9.17, 15) is 4.79 Å². The Labute approximate surface area is 96.9 Å². The summed E-state index contributed by atoms with van der Waals surface area (Å²) in [4.78, 5) is 11.4. The molecule has 0 bridgehead atoms. The van der Waals surface area contributed by atoms with Crippen LogP contribution in [0, 0.1) is 0 Å². The molecule has 0 unspecified atom stereocenters. The highest BCUT2D eigenvalue weighted by Gasteiger charge is 2.23. The number of hydrogen-bond donors (Lipinski definition) is 2. The SMILES string of the molecule is C[C@H]1OCCN[C@@H]1CNC(=O)OC(C)(C)C. The Kier molecular flexibility index (Phi) is 4.56. The highest BCUT2D eigenvalue weighted by molar-refractivity contribution is 5.67. The minimum Gasteiger partial charge on any atom is -0.444 e. The number of rotatable bonds is 2. The van der Waals surface area contributed by atoms with Crippen LogP contribution in [0.25, 0.3) is 0 Å². The van der Waals surface area contributed by atoms with Gasteiger partial charge in [-0.2, -0.15) is 0 Å². The summed E-state index contributed by atoms with van der Waals surface area (Å²) in [5, 5.41) is 6.03. The molecular formula is C11H22N2O3. The Morgan fingerprint density at radius 2 is 2.25 bits per heavy atom. The van der Waals surface area contributed by atoms with Crippen molar-refractivity contribution < 1.29 is 14.3 Å². The molecule has 16 heavy (non-hydrogen) atoms. The number of ether oxygens (including phenoxy) is 2. The molecule has 1 rings (SSSR count). The number of morpholine rings is 1. The van der Waals surface area contributed by atoms with Crippen LogP contribution < -0.4 is 10.6 Å². The summed E-state index contributed by atoms with van der Waals surface area (Å²) in [5.41, 5.74) is -0.452. The zero-order valence-corrected chi connectivity index (χ0v) is 10.5. The molecule has 1 aliphatic rings. The van der Waals surface area contributed by atoms with Crippen LogP contribution in [0.2, 0.25) is 0 Å². The maximum Gasteiger partial charge on any atom is 0.407 e. The number of alkyl carbamates (subject to hydrolysis) is 1. The van der Waals surface area contributed by atoms with Crippen molar-refractivity contribution in [2.75, 3.05) is 19.7 Å². The van der Waals surface area contributed by atoms with Crippen molar-refractivity contribution in [1.29, 1.82) is 0 Å². The molecule has 94 valence electrons. The minimum atomic E-state index is -0.452. The molecule has 5 heteroatoms. The standard InChI is InChI=1S/C11H22N2O3/c1-8-9(12-5-6-15-8)7-13-10(14)16-11(2,3)4/h8-9,12H,5-7H2,1-4H3,(H,13,14)/t8-,9-/m1/s1. The molecule has 0 spiro atoms. The molecule has 0 radical (unpaired) electrons. The lowest BCUT2D eigenvalue weighted by atomic mass is 10.1. The van der Waals surface area contributed by atoms with E-state index in [1.807, 2.05) is 27.7 Å². The first-order valence-electron chi connectivity index (χ1n) is 5.70. The fraction of sp³-hybridized carbons (Fsp3) is 0.909. The van der Waals surface area contributed by atoms with Crippen LogP contribution in [-0.4, -0.2) is 43.5 Å². The van der Waals surface area contributed by atoms with E-state index in [0.29, 0.717) is 6.54 Å². The van der Waals surface area contributed by atoms with Crippen molar-refractivity contribution in [3.8, 4) is 0 Å². The van der Waals surface area contributed by atoms with Crippen molar-refractivity contribution in [2.24, 2.45) is 0 Å². The molecule has 0 aromatic heterocycles. The average Bonchev–Trinajstić information content (AvgIpc) is 2.14. The predicted molar refractivity (Wildman–Crippen MR) is 61.4 cm³/mol. The second-order valence-electron chi connectivity index (χ2n) is 5.02. The van der Waals surface area contributed by atoms with E-state index in [0.717, 1.165) is 13.2 Å². The van der Waals surface area contributed by atoms with E-state index >= 15 is 0 Å². The lowest BCUT2D eigenvalue weighted by molar-refractivity contribution is 0.00649. The van der Waals surface area contributed by atoms with Crippen molar-refractivity contribution in [3.63, 3.8) is 0 Å². The van der Waals surface area contributed by atoms with Crippen LogP contribution in [-0.2, 0) is 9.47 Å². The Morgan fingerprint density at radius 3 is 2.81 bits per heavy atom. The van der Waals surface area contributed by atoms with E-state index < -0.39 is 5.60 Å². The van der Waals surface area contributed by atoms with Gasteiger partial charge in [0.1, 0.15) is 5.60 Å². The van der Waals surface area contributed by atoms with Crippen molar-refractivity contribution in [2.45, 2.75) is 45.4 Å². The molecule has 1 fully saturated rings. The Bertz CT molecular complexity index is 238. The lowest BCUT2D eigenvalue weighted by Crippen LogP contribution is -2.53. The van der Waals surface area contributed by atoms with Crippen LogP contribution in [0.3, 0.4) is 0 Å². The average molecular weight is 230 g/mol. The summed E-state index contributed by atoms with van der Waals surface area (Å²) in [7, 11) is 0. The summed E-state index contributed by atoms with van der Waals surface area (Å²) in [6.07, 6.45) is -0.268. The molecule has 2 atom stereocenters. The number of carbonyl (C=O) groups excluding carboxylic acids is 1. The number of carbonyl (C=O) groups is 1. The number of amides is 1. The molecule has 0 saturated carbocycles. The topological polar surface area (TPSA) is 59.6 Å². The van der Waals surface area contributed by atoms with E-state index in [4.69, 9.17) is 9.47 Å². The third kappa shape index (κ3) is 4.81. The van der Waals surface area contributed by atoms with E-state index in [-0.39, 0.29) is 18.2 Å². The number of hydrogen-bond acceptors (Lipinski definition) is 4. The Balaban J connectivity index is 2.25. The molecule has 0 aromatic rings. The van der Waals surface area contributed by atoms with E-state index in [1.54, 1.807) is 0 Å². The molecule has 2 N–H and O–H groups in total. The molecular weight excluding hydrogens is 208 g/mol. The zero-order chi connectivity index (χ0) is 12.2. The summed E-state index contributed by atoms with van der Waals surface area (Å²) >= 11 is 0. The third-order valence-electron chi connectivity index (χ3n) is 2.32. The van der Waals surface area contributed by atoms with Crippen molar-refractivity contribution in [1.82, 2.24) is 10.6 Å². The van der Waals surface area contributed by atoms with Crippen LogP contribution in [0.15, 0.2) is 0 Å². The predicted octanol–water partition coefficient (Wildman–Crippen LogP) is 0.888. The van der Waals surface area contributed by atoms with Gasteiger partial charge in [0, 0.05) is 13.1 Å². The van der Waals surface area contributed by atoms with Gasteiger partial charge in [-0.3, -0.25) is 0 Å². The maximum absolute atomic E-state index is 11.4. The van der Waals surface area contributed by atoms with Gasteiger partial charge in [-0.15, -0.1) is 0 Å². The van der Waals surface area contributed by atoms with Gasteiger partial charge in [0.05, 0.1) is 18.8 Å². The molecule has 1 aliphatic heterocycles. The van der Waals surface area contributed by atoms with Crippen LogP contribution in [0.5, 0.6) is 0 Å². The van der Waals surface area contributed by atoms with Gasteiger partial charge >= 0.3 is 6.09 Å². The monoisotopic (exact) mass is 230 g/mol. The number of nitrogens with one attached hydrogen (secondary N) is 2. The third-order valence-corrected chi connectivity index (χ3v) is 2.32. The molecule has 5 nitrogen and oxygen atoms in total. The smallest absolute Gasteiger partial charge is 0.407 e. The van der Waals surface area contributed by atoms with Gasteiger partial charge in [-0.05, 0) is 27.7 Å². The quantitative estimate of drug-likeness (QED) is 0.739. The van der Waals surface area contributed by atoms with Crippen molar-refractivity contribution in [3.05, 3.63) is 0 Å². The molecule has 1 amide bonds. The zero-order valence-electron chi connectivity index (χ0n) is 10.5. The second-order valence-corrected chi connectivity index (χ2v) is 5.02.